The van der Waals surface area contributed by atoms with Gasteiger partial charge >= 0.3 is 0 Å². The molecular weight excluding hydrogens is 218 g/mol. The van der Waals surface area contributed by atoms with E-state index in [2.05, 4.69) is 52.7 Å². The Labute approximate surface area is 113 Å². The Balaban J connectivity index is 2.20. The first-order valence-electron chi connectivity index (χ1n) is 7.76. The van der Waals surface area contributed by atoms with Gasteiger partial charge in [0.1, 0.15) is 0 Å². The van der Waals surface area contributed by atoms with Crippen LogP contribution in [0.5, 0.6) is 0 Å². The summed E-state index contributed by atoms with van der Waals surface area (Å²) in [7, 11) is 0. The molecule has 0 heterocycles. The van der Waals surface area contributed by atoms with Crippen molar-refractivity contribution in [1.29, 1.82) is 0 Å². The highest BCUT2D eigenvalue weighted by Gasteiger charge is 2.62. The van der Waals surface area contributed by atoms with Crippen molar-refractivity contribution >= 4 is 6.21 Å². The summed E-state index contributed by atoms with van der Waals surface area (Å²) in [5.41, 5.74) is 1.22. The van der Waals surface area contributed by atoms with Gasteiger partial charge in [-0.3, -0.25) is 4.99 Å². The van der Waals surface area contributed by atoms with Crippen LogP contribution in [-0.4, -0.2) is 12.8 Å². The SMILES string of the molecule is CCC/N=C/C(C)(C)C1(C)CCC2CC1C2(C)C. The Morgan fingerprint density at radius 1 is 1.28 bits per heavy atom. The fourth-order valence-corrected chi connectivity index (χ4v) is 4.58. The van der Waals surface area contributed by atoms with Gasteiger partial charge in [0.05, 0.1) is 0 Å². The summed E-state index contributed by atoms with van der Waals surface area (Å²) in [6.45, 7) is 15.5. The summed E-state index contributed by atoms with van der Waals surface area (Å²) in [5.74, 6) is 1.87. The summed E-state index contributed by atoms with van der Waals surface area (Å²) < 4.78 is 0. The van der Waals surface area contributed by atoms with Crippen LogP contribution in [0.25, 0.3) is 0 Å². The zero-order chi connectivity index (χ0) is 13.6. The molecule has 0 amide bonds. The van der Waals surface area contributed by atoms with Crippen molar-refractivity contribution in [2.45, 2.75) is 67.2 Å². The molecule has 3 fully saturated rings. The van der Waals surface area contributed by atoms with Crippen LogP contribution in [-0.2, 0) is 0 Å². The van der Waals surface area contributed by atoms with Gasteiger partial charge in [0.25, 0.3) is 0 Å². The summed E-state index contributed by atoms with van der Waals surface area (Å²) in [5, 5.41) is 0. The van der Waals surface area contributed by atoms with Crippen molar-refractivity contribution in [3.8, 4) is 0 Å². The van der Waals surface area contributed by atoms with Gasteiger partial charge in [-0.25, -0.2) is 0 Å². The van der Waals surface area contributed by atoms with E-state index in [9.17, 15) is 0 Å². The molecule has 3 rings (SSSR count). The Morgan fingerprint density at radius 2 is 1.94 bits per heavy atom. The van der Waals surface area contributed by atoms with E-state index in [1.54, 1.807) is 0 Å². The van der Waals surface area contributed by atoms with Gasteiger partial charge in [-0.05, 0) is 48.3 Å². The summed E-state index contributed by atoms with van der Waals surface area (Å²) in [6, 6.07) is 0. The number of hydrogen-bond donors (Lipinski definition) is 0. The van der Waals surface area contributed by atoms with Gasteiger partial charge in [-0.15, -0.1) is 0 Å². The normalized spacial score (nSPS) is 38.8. The summed E-state index contributed by atoms with van der Waals surface area (Å²) >= 11 is 0. The van der Waals surface area contributed by atoms with E-state index in [1.165, 1.54) is 19.3 Å². The van der Waals surface area contributed by atoms with Crippen molar-refractivity contribution < 1.29 is 0 Å². The molecule has 3 aliphatic rings. The zero-order valence-electron chi connectivity index (χ0n) is 13.2. The maximum atomic E-state index is 4.66. The van der Waals surface area contributed by atoms with Gasteiger partial charge in [0.2, 0.25) is 0 Å². The van der Waals surface area contributed by atoms with Gasteiger partial charge in [-0.1, -0.05) is 41.5 Å². The molecular formula is C17H31N. The Hall–Kier alpha value is -0.330. The lowest BCUT2D eigenvalue weighted by atomic mass is 9.37. The van der Waals surface area contributed by atoms with Crippen LogP contribution >= 0.6 is 0 Å². The lowest BCUT2D eigenvalue weighted by Gasteiger charge is -2.68. The van der Waals surface area contributed by atoms with Gasteiger partial charge < -0.3 is 0 Å². The average molecular weight is 249 g/mol. The van der Waals surface area contributed by atoms with E-state index in [-0.39, 0.29) is 5.41 Å². The minimum Gasteiger partial charge on any atom is -0.297 e. The highest BCUT2D eigenvalue weighted by molar-refractivity contribution is 5.66. The predicted octanol–water partition coefficient (Wildman–Crippen LogP) is 4.96. The van der Waals surface area contributed by atoms with Crippen LogP contribution in [0.1, 0.15) is 67.2 Å². The van der Waals surface area contributed by atoms with E-state index >= 15 is 0 Å². The van der Waals surface area contributed by atoms with Crippen LogP contribution in [0.2, 0.25) is 0 Å². The molecule has 3 saturated carbocycles. The van der Waals surface area contributed by atoms with Crippen molar-refractivity contribution in [3.63, 3.8) is 0 Å². The molecule has 0 aliphatic heterocycles. The molecule has 3 unspecified atom stereocenters. The van der Waals surface area contributed by atoms with E-state index in [0.29, 0.717) is 10.8 Å². The van der Waals surface area contributed by atoms with E-state index in [1.807, 2.05) is 0 Å². The Kier molecular flexibility index (Phi) is 3.41. The minimum absolute atomic E-state index is 0.232. The molecule has 18 heavy (non-hydrogen) atoms. The first-order chi connectivity index (χ1) is 8.25. The monoisotopic (exact) mass is 249 g/mol. The second-order valence-corrected chi connectivity index (χ2v) is 8.02. The molecule has 2 bridgehead atoms. The number of nitrogens with zero attached hydrogens (tertiary/aromatic N) is 1. The summed E-state index contributed by atoms with van der Waals surface area (Å²) in [4.78, 5) is 4.66. The first kappa shape index (κ1) is 14.1. The standard InChI is InChI=1S/C17H31N/c1-7-10-18-12-15(2,3)17(6)9-8-13-11-14(17)16(13,4)5/h12-14H,7-11H2,1-6H3/b18-12+. The number of fused-ring (bicyclic) bond motifs is 2. The number of hydrogen-bond acceptors (Lipinski definition) is 1. The minimum atomic E-state index is 0.232. The van der Waals surface area contributed by atoms with Gasteiger partial charge in [-0.2, -0.15) is 0 Å². The molecule has 0 aromatic rings. The molecule has 0 radical (unpaired) electrons. The second-order valence-electron chi connectivity index (χ2n) is 8.02. The lowest BCUT2D eigenvalue weighted by Crippen LogP contribution is -2.61. The van der Waals surface area contributed by atoms with E-state index in [0.717, 1.165) is 24.8 Å². The fraction of sp³-hybridized carbons (Fsp3) is 0.941. The molecule has 3 atom stereocenters. The van der Waals surface area contributed by atoms with Crippen molar-refractivity contribution in [3.05, 3.63) is 0 Å². The topological polar surface area (TPSA) is 12.4 Å². The maximum Gasteiger partial charge on any atom is 0.0383 e. The third kappa shape index (κ3) is 1.85. The third-order valence-corrected chi connectivity index (χ3v) is 6.49. The molecule has 0 saturated heterocycles. The second kappa shape index (κ2) is 4.35. The quantitative estimate of drug-likeness (QED) is 0.625. The van der Waals surface area contributed by atoms with Crippen molar-refractivity contribution in [2.24, 2.45) is 33.1 Å². The zero-order valence-corrected chi connectivity index (χ0v) is 13.2. The van der Waals surface area contributed by atoms with Gasteiger partial charge in [0.15, 0.2) is 0 Å². The van der Waals surface area contributed by atoms with Crippen LogP contribution in [0.15, 0.2) is 4.99 Å². The van der Waals surface area contributed by atoms with Crippen molar-refractivity contribution in [1.82, 2.24) is 0 Å². The van der Waals surface area contributed by atoms with Crippen LogP contribution < -0.4 is 0 Å². The fourth-order valence-electron chi connectivity index (χ4n) is 4.58. The molecule has 1 nitrogen and oxygen atoms in total. The number of rotatable bonds is 4. The first-order valence-corrected chi connectivity index (χ1v) is 7.76. The van der Waals surface area contributed by atoms with Crippen LogP contribution in [0.3, 0.4) is 0 Å². The Morgan fingerprint density at radius 3 is 2.44 bits per heavy atom. The molecule has 104 valence electrons. The summed E-state index contributed by atoms with van der Waals surface area (Å²) in [6.07, 6.45) is 7.68. The predicted molar refractivity (Wildman–Crippen MR) is 80.2 cm³/mol. The van der Waals surface area contributed by atoms with Crippen molar-refractivity contribution in [2.75, 3.05) is 6.54 Å². The molecule has 0 aromatic heterocycles. The molecule has 0 N–H and O–H groups in total. The smallest absolute Gasteiger partial charge is 0.0383 e. The van der Waals surface area contributed by atoms with Gasteiger partial charge in [0, 0.05) is 18.2 Å². The average Bonchev–Trinajstić information content (AvgIpc) is 2.28. The molecule has 0 aromatic carbocycles. The van der Waals surface area contributed by atoms with Crippen LogP contribution in [0.4, 0.5) is 0 Å². The largest absolute Gasteiger partial charge is 0.297 e. The Bertz CT molecular complexity index is 338. The van der Waals surface area contributed by atoms with E-state index in [4.69, 9.17) is 0 Å². The third-order valence-electron chi connectivity index (χ3n) is 6.49. The molecule has 0 spiro atoms. The van der Waals surface area contributed by atoms with E-state index < -0.39 is 0 Å². The number of aliphatic imine (C=N–C) groups is 1. The maximum absolute atomic E-state index is 4.66. The highest BCUT2D eigenvalue weighted by Crippen LogP contribution is 2.69. The lowest BCUT2D eigenvalue weighted by molar-refractivity contribution is -0.177. The highest BCUT2D eigenvalue weighted by atomic mass is 14.7. The van der Waals surface area contributed by atoms with Crippen LogP contribution in [0, 0.1) is 28.1 Å². The molecule has 3 aliphatic carbocycles. The molecule has 1 heteroatoms.